The van der Waals surface area contributed by atoms with Crippen LogP contribution in [0.25, 0.3) is 11.5 Å². The van der Waals surface area contributed by atoms with Crippen LogP contribution in [-0.2, 0) is 4.79 Å². The number of ether oxygens (including phenoxy) is 4. The summed E-state index contributed by atoms with van der Waals surface area (Å²) in [5, 5.41) is 11.1. The Bertz CT molecular complexity index is 1050. The number of nitrogens with zero attached hydrogens (tertiary/aromatic N) is 2. The lowest BCUT2D eigenvalue weighted by atomic mass is 10.2. The first-order valence-electron chi connectivity index (χ1n) is 9.04. The van der Waals surface area contributed by atoms with Gasteiger partial charge in [-0.3, -0.25) is 4.79 Å². The first-order valence-corrected chi connectivity index (χ1v) is 10.0. The monoisotopic (exact) mass is 429 g/mol. The zero-order valence-corrected chi connectivity index (χ0v) is 17.2. The van der Waals surface area contributed by atoms with Crippen molar-refractivity contribution in [2.24, 2.45) is 0 Å². The van der Waals surface area contributed by atoms with Crippen molar-refractivity contribution in [3.8, 4) is 34.5 Å². The molecule has 0 fully saturated rings. The summed E-state index contributed by atoms with van der Waals surface area (Å²) in [5.74, 6) is 2.67. The second kappa shape index (κ2) is 8.95. The summed E-state index contributed by atoms with van der Waals surface area (Å²) < 4.78 is 27.1. The molecule has 0 unspecified atom stereocenters. The lowest BCUT2D eigenvalue weighted by Crippen LogP contribution is -2.17. The van der Waals surface area contributed by atoms with E-state index < -0.39 is 0 Å². The maximum absolute atomic E-state index is 12.3. The quantitative estimate of drug-likeness (QED) is 0.567. The topological polar surface area (TPSA) is 105 Å². The van der Waals surface area contributed by atoms with Gasteiger partial charge in [0, 0.05) is 17.3 Å². The molecule has 156 valence electrons. The van der Waals surface area contributed by atoms with Gasteiger partial charge in [0.1, 0.15) is 13.2 Å². The molecule has 0 spiro atoms. The Morgan fingerprint density at radius 3 is 2.63 bits per heavy atom. The van der Waals surface area contributed by atoms with Crippen molar-refractivity contribution in [2.75, 3.05) is 38.5 Å². The van der Waals surface area contributed by atoms with Gasteiger partial charge in [-0.25, -0.2) is 0 Å². The Hall–Kier alpha value is -3.40. The van der Waals surface area contributed by atoms with Crippen LogP contribution < -0.4 is 24.3 Å². The fourth-order valence-electron chi connectivity index (χ4n) is 2.80. The molecule has 1 amide bonds. The van der Waals surface area contributed by atoms with Crippen molar-refractivity contribution >= 4 is 23.4 Å². The molecule has 30 heavy (non-hydrogen) atoms. The molecule has 1 aliphatic rings. The summed E-state index contributed by atoms with van der Waals surface area (Å²) in [6, 6.07) is 10.6. The maximum atomic E-state index is 12.3. The number of hydrogen-bond acceptors (Lipinski definition) is 9. The Morgan fingerprint density at radius 2 is 1.83 bits per heavy atom. The van der Waals surface area contributed by atoms with Crippen molar-refractivity contribution in [1.82, 2.24) is 10.2 Å². The van der Waals surface area contributed by atoms with Crippen molar-refractivity contribution < 1.29 is 28.2 Å². The summed E-state index contributed by atoms with van der Waals surface area (Å²) in [6.07, 6.45) is 0. The number of aromatic nitrogens is 2. The molecule has 1 N–H and O–H groups in total. The molecule has 0 atom stereocenters. The molecule has 0 bridgehead atoms. The SMILES string of the molecule is COc1ccc(-c2nnc(SCC(=O)Nc3ccc4c(c3)OCCO4)o2)cc1OC. The molecule has 10 heteroatoms. The second-order valence-corrected chi connectivity index (χ2v) is 7.06. The molecule has 9 nitrogen and oxygen atoms in total. The van der Waals surface area contributed by atoms with Crippen LogP contribution in [0.3, 0.4) is 0 Å². The first-order chi connectivity index (χ1) is 14.7. The second-order valence-electron chi connectivity index (χ2n) is 6.14. The molecule has 0 saturated carbocycles. The molecule has 0 aliphatic carbocycles. The molecule has 1 aromatic heterocycles. The number of benzene rings is 2. The Kier molecular flexibility index (Phi) is 5.94. The van der Waals surface area contributed by atoms with Crippen LogP contribution in [0, 0.1) is 0 Å². The van der Waals surface area contributed by atoms with E-state index in [0.29, 0.717) is 53.4 Å². The van der Waals surface area contributed by atoms with Gasteiger partial charge in [-0.05, 0) is 30.3 Å². The lowest BCUT2D eigenvalue weighted by Gasteiger charge is -2.18. The van der Waals surface area contributed by atoms with Gasteiger partial charge >= 0.3 is 0 Å². The number of nitrogens with one attached hydrogen (secondary N) is 1. The van der Waals surface area contributed by atoms with Crippen LogP contribution in [0.15, 0.2) is 46.0 Å². The predicted molar refractivity (Wildman–Crippen MR) is 110 cm³/mol. The van der Waals surface area contributed by atoms with E-state index in [4.69, 9.17) is 23.4 Å². The summed E-state index contributed by atoms with van der Waals surface area (Å²) in [5.41, 5.74) is 1.31. The number of carbonyl (C=O) groups excluding carboxylic acids is 1. The van der Waals surface area contributed by atoms with Gasteiger partial charge in [0.2, 0.25) is 11.8 Å². The molecular weight excluding hydrogens is 410 g/mol. The Balaban J connectivity index is 1.36. The lowest BCUT2D eigenvalue weighted by molar-refractivity contribution is -0.113. The molecule has 1 aliphatic heterocycles. The zero-order chi connectivity index (χ0) is 20.9. The summed E-state index contributed by atoms with van der Waals surface area (Å²) >= 11 is 1.15. The van der Waals surface area contributed by atoms with E-state index in [1.807, 2.05) is 0 Å². The number of anilines is 1. The van der Waals surface area contributed by atoms with Crippen LogP contribution >= 0.6 is 11.8 Å². The molecular formula is C20H19N3O6S. The van der Waals surface area contributed by atoms with E-state index >= 15 is 0 Å². The van der Waals surface area contributed by atoms with Crippen LogP contribution in [0.5, 0.6) is 23.0 Å². The third kappa shape index (κ3) is 4.43. The van der Waals surface area contributed by atoms with Gasteiger partial charge < -0.3 is 28.7 Å². The molecule has 0 saturated heterocycles. The van der Waals surface area contributed by atoms with E-state index in [1.165, 1.54) is 0 Å². The van der Waals surface area contributed by atoms with E-state index in [2.05, 4.69) is 15.5 Å². The van der Waals surface area contributed by atoms with Crippen LogP contribution in [0.1, 0.15) is 0 Å². The highest BCUT2D eigenvalue weighted by molar-refractivity contribution is 7.99. The van der Waals surface area contributed by atoms with Gasteiger partial charge in [-0.15, -0.1) is 10.2 Å². The van der Waals surface area contributed by atoms with E-state index in [-0.39, 0.29) is 16.9 Å². The van der Waals surface area contributed by atoms with Crippen LogP contribution in [0.2, 0.25) is 0 Å². The Labute approximate surface area is 176 Å². The van der Waals surface area contributed by atoms with Crippen LogP contribution in [-0.4, -0.2) is 49.3 Å². The van der Waals surface area contributed by atoms with Crippen molar-refractivity contribution in [3.05, 3.63) is 36.4 Å². The third-order valence-electron chi connectivity index (χ3n) is 4.19. The molecule has 2 heterocycles. The number of rotatable bonds is 7. The maximum Gasteiger partial charge on any atom is 0.277 e. The van der Waals surface area contributed by atoms with Gasteiger partial charge in [-0.1, -0.05) is 11.8 Å². The number of hydrogen-bond donors (Lipinski definition) is 1. The molecule has 0 radical (unpaired) electrons. The molecule has 3 aromatic rings. The molecule has 2 aromatic carbocycles. The van der Waals surface area contributed by atoms with Gasteiger partial charge in [0.05, 0.1) is 20.0 Å². The predicted octanol–water partition coefficient (Wildman–Crippen LogP) is 3.26. The minimum Gasteiger partial charge on any atom is -0.493 e. The zero-order valence-electron chi connectivity index (χ0n) is 16.3. The van der Waals surface area contributed by atoms with Crippen molar-refractivity contribution in [3.63, 3.8) is 0 Å². The number of fused-ring (bicyclic) bond motifs is 1. The first kappa shape index (κ1) is 19.9. The minimum atomic E-state index is -0.206. The highest BCUT2D eigenvalue weighted by atomic mass is 32.2. The summed E-state index contributed by atoms with van der Waals surface area (Å²) in [7, 11) is 3.12. The van der Waals surface area contributed by atoms with Crippen LogP contribution in [0.4, 0.5) is 5.69 Å². The van der Waals surface area contributed by atoms with Gasteiger partial charge in [-0.2, -0.15) is 0 Å². The average molecular weight is 429 g/mol. The standard InChI is InChI=1S/C20H19N3O6S/c1-25-14-5-3-12(9-16(14)26-2)19-22-23-20(29-19)30-11-18(24)21-13-4-6-15-17(10-13)28-8-7-27-15/h3-6,9-10H,7-8,11H2,1-2H3,(H,21,24). The molecule has 4 rings (SSSR count). The number of carbonyl (C=O) groups is 1. The third-order valence-corrected chi connectivity index (χ3v) is 5.01. The smallest absolute Gasteiger partial charge is 0.277 e. The fourth-order valence-corrected chi connectivity index (χ4v) is 3.36. The van der Waals surface area contributed by atoms with E-state index in [0.717, 1.165) is 11.8 Å². The minimum absolute atomic E-state index is 0.113. The van der Waals surface area contributed by atoms with E-state index in [9.17, 15) is 4.79 Å². The number of methoxy groups -OCH3 is 2. The fraction of sp³-hybridized carbons (Fsp3) is 0.250. The van der Waals surface area contributed by atoms with Crippen molar-refractivity contribution in [2.45, 2.75) is 5.22 Å². The summed E-state index contributed by atoms with van der Waals surface area (Å²) in [6.45, 7) is 1.00. The van der Waals surface area contributed by atoms with Crippen molar-refractivity contribution in [1.29, 1.82) is 0 Å². The Morgan fingerprint density at radius 1 is 1.03 bits per heavy atom. The highest BCUT2D eigenvalue weighted by Crippen LogP contribution is 2.34. The summed E-state index contributed by atoms with van der Waals surface area (Å²) in [4.78, 5) is 12.3. The largest absolute Gasteiger partial charge is 0.493 e. The van der Waals surface area contributed by atoms with E-state index in [1.54, 1.807) is 50.6 Å². The number of thioether (sulfide) groups is 1. The highest BCUT2D eigenvalue weighted by Gasteiger charge is 2.15. The normalized spacial score (nSPS) is 12.3. The average Bonchev–Trinajstić information content (AvgIpc) is 3.26. The number of amides is 1. The van der Waals surface area contributed by atoms with Gasteiger partial charge in [0.25, 0.3) is 5.22 Å². The van der Waals surface area contributed by atoms with Gasteiger partial charge in [0.15, 0.2) is 23.0 Å².